The summed E-state index contributed by atoms with van der Waals surface area (Å²) in [5.74, 6) is 3.34. The predicted octanol–water partition coefficient (Wildman–Crippen LogP) is 14.0. The first-order valence-electron chi connectivity index (χ1n) is 16.1. The highest BCUT2D eigenvalue weighted by Gasteiger charge is 2.23. The maximum Gasteiger partial charge on any atom is 0.146 e. The van der Waals surface area contributed by atoms with E-state index in [1.165, 1.54) is 123 Å². The molecule has 2 nitrogen and oxygen atoms in total. The Bertz CT molecular complexity index is 982. The Morgan fingerprint density at radius 3 is 1.30 bits per heavy atom. The molecule has 3 rings (SSSR count). The average molecular weight is 717 g/mol. The second-order valence-electron chi connectivity index (χ2n) is 11.6. The van der Waals surface area contributed by atoms with Gasteiger partial charge in [-0.25, -0.2) is 0 Å². The van der Waals surface area contributed by atoms with Gasteiger partial charge in [-0.3, -0.25) is 0 Å². The zero-order valence-corrected chi connectivity index (χ0v) is 30.2. The largest absolute Gasteiger partial charge is 0.491 e. The van der Waals surface area contributed by atoms with Crippen molar-refractivity contribution < 1.29 is 9.47 Å². The molecule has 0 aliphatic rings. The number of hydrogen-bond acceptors (Lipinski definition) is 4. The van der Waals surface area contributed by atoms with Gasteiger partial charge >= 0.3 is 0 Å². The lowest BCUT2D eigenvalue weighted by Crippen LogP contribution is -2.14. The van der Waals surface area contributed by atoms with Crippen molar-refractivity contribution in [3.05, 3.63) is 19.7 Å². The van der Waals surface area contributed by atoms with Crippen LogP contribution < -0.4 is 9.47 Å². The van der Waals surface area contributed by atoms with Crippen LogP contribution >= 0.6 is 54.5 Å². The standard InChI is InChI=1S/C34H52Br2O2S2/c1-5-9-13-15-19-25(17-11-7-3)23-37-31-27-21-29(35)40-34(27)32(28-22-30(36)39-33(28)31)38-24-26(18-12-8-4)20-16-14-10-6-2/h21-22,25-26H,5-20,23-24H2,1-4H3. The van der Waals surface area contributed by atoms with Gasteiger partial charge in [-0.2, -0.15) is 0 Å². The Morgan fingerprint density at radius 1 is 0.550 bits per heavy atom. The van der Waals surface area contributed by atoms with Crippen LogP contribution in [0.4, 0.5) is 0 Å². The van der Waals surface area contributed by atoms with E-state index in [0.717, 1.165) is 32.3 Å². The van der Waals surface area contributed by atoms with Gasteiger partial charge in [0.05, 0.1) is 30.2 Å². The molecule has 0 spiro atoms. The van der Waals surface area contributed by atoms with Crippen molar-refractivity contribution in [3.63, 3.8) is 0 Å². The fourth-order valence-corrected chi connectivity index (χ4v) is 8.88. The maximum absolute atomic E-state index is 6.81. The quantitative estimate of drug-likeness (QED) is 0.0964. The summed E-state index contributed by atoms with van der Waals surface area (Å²) in [4.78, 5) is 0. The Kier molecular flexibility index (Phi) is 16.3. The summed E-state index contributed by atoms with van der Waals surface area (Å²) in [6.45, 7) is 10.8. The molecule has 0 saturated carbocycles. The van der Waals surface area contributed by atoms with Crippen molar-refractivity contribution in [2.24, 2.45) is 11.8 Å². The molecule has 2 aromatic heterocycles. The zero-order chi connectivity index (χ0) is 28.7. The van der Waals surface area contributed by atoms with Gasteiger partial charge < -0.3 is 9.47 Å². The number of fused-ring (bicyclic) bond motifs is 2. The normalized spacial score (nSPS) is 13.3. The van der Waals surface area contributed by atoms with Crippen LogP contribution in [0.3, 0.4) is 0 Å². The lowest BCUT2D eigenvalue weighted by molar-refractivity contribution is 0.227. The van der Waals surface area contributed by atoms with Crippen LogP contribution in [0, 0.1) is 11.8 Å². The number of ether oxygens (including phenoxy) is 2. The van der Waals surface area contributed by atoms with Crippen molar-refractivity contribution in [1.29, 1.82) is 0 Å². The second kappa shape index (κ2) is 19.1. The highest BCUT2D eigenvalue weighted by atomic mass is 79.9. The molecule has 1 aromatic carbocycles. The summed E-state index contributed by atoms with van der Waals surface area (Å²) >= 11 is 11.2. The molecule has 0 saturated heterocycles. The minimum Gasteiger partial charge on any atom is -0.491 e. The van der Waals surface area contributed by atoms with E-state index in [0.29, 0.717) is 11.8 Å². The van der Waals surface area contributed by atoms with E-state index < -0.39 is 0 Å². The molecule has 3 aromatic rings. The number of hydrogen-bond donors (Lipinski definition) is 0. The summed E-state index contributed by atoms with van der Waals surface area (Å²) < 4.78 is 18.3. The first-order valence-corrected chi connectivity index (χ1v) is 19.3. The van der Waals surface area contributed by atoms with Crippen LogP contribution in [0.2, 0.25) is 0 Å². The van der Waals surface area contributed by atoms with E-state index in [-0.39, 0.29) is 0 Å². The molecule has 0 fully saturated rings. The van der Waals surface area contributed by atoms with Crippen molar-refractivity contribution in [2.45, 2.75) is 130 Å². The van der Waals surface area contributed by atoms with E-state index >= 15 is 0 Å². The van der Waals surface area contributed by atoms with Crippen LogP contribution in [0.25, 0.3) is 20.2 Å². The van der Waals surface area contributed by atoms with E-state index in [4.69, 9.17) is 9.47 Å². The molecule has 2 atom stereocenters. The minimum atomic E-state index is 0.621. The zero-order valence-electron chi connectivity index (χ0n) is 25.4. The van der Waals surface area contributed by atoms with Gasteiger partial charge in [-0.1, -0.05) is 105 Å². The molecule has 6 heteroatoms. The molecular weight excluding hydrogens is 664 g/mol. The Balaban J connectivity index is 1.85. The Morgan fingerprint density at radius 2 is 0.925 bits per heavy atom. The topological polar surface area (TPSA) is 18.5 Å². The van der Waals surface area contributed by atoms with Gasteiger partial charge in [0.15, 0.2) is 0 Å². The molecule has 0 aliphatic carbocycles. The van der Waals surface area contributed by atoms with Crippen LogP contribution in [0.15, 0.2) is 19.7 Å². The molecule has 0 amide bonds. The molecule has 0 N–H and O–H groups in total. The van der Waals surface area contributed by atoms with Crippen LogP contribution in [-0.2, 0) is 0 Å². The van der Waals surface area contributed by atoms with Crippen LogP contribution in [0.1, 0.15) is 130 Å². The minimum absolute atomic E-state index is 0.621. The van der Waals surface area contributed by atoms with Gasteiger partial charge in [0.2, 0.25) is 0 Å². The first kappa shape index (κ1) is 34.2. The average Bonchev–Trinajstić information content (AvgIpc) is 3.52. The number of rotatable bonds is 22. The van der Waals surface area contributed by atoms with Crippen molar-refractivity contribution >= 4 is 74.7 Å². The molecule has 2 heterocycles. The van der Waals surface area contributed by atoms with Gasteiger partial charge in [0.25, 0.3) is 0 Å². The van der Waals surface area contributed by atoms with Crippen molar-refractivity contribution in [2.75, 3.05) is 13.2 Å². The van der Waals surface area contributed by atoms with Crippen molar-refractivity contribution in [1.82, 2.24) is 0 Å². The third kappa shape index (κ3) is 10.5. The SMILES string of the molecule is CCCCCCC(CCCC)COc1c2cc(Br)sc2c(OCC(CCCC)CCCCCC)c2cc(Br)sc12. The smallest absolute Gasteiger partial charge is 0.146 e. The highest BCUT2D eigenvalue weighted by molar-refractivity contribution is 9.11. The van der Waals surface area contributed by atoms with Crippen LogP contribution in [-0.4, -0.2) is 13.2 Å². The first-order chi connectivity index (χ1) is 19.5. The monoisotopic (exact) mass is 714 g/mol. The predicted molar refractivity (Wildman–Crippen MR) is 187 cm³/mol. The lowest BCUT2D eigenvalue weighted by atomic mass is 9.96. The summed E-state index contributed by atoms with van der Waals surface area (Å²) in [6.07, 6.45) is 20.7. The van der Waals surface area contributed by atoms with Gasteiger partial charge in [-0.15, -0.1) is 22.7 Å². The highest BCUT2D eigenvalue weighted by Crippen LogP contribution is 2.51. The van der Waals surface area contributed by atoms with Crippen molar-refractivity contribution in [3.8, 4) is 11.5 Å². The second-order valence-corrected chi connectivity index (χ2v) is 16.4. The van der Waals surface area contributed by atoms with Gasteiger partial charge in [0.1, 0.15) is 11.5 Å². The fraction of sp³-hybridized carbons (Fsp3) is 0.706. The molecular formula is C34H52Br2O2S2. The molecule has 0 aliphatic heterocycles. The summed E-state index contributed by atoms with van der Waals surface area (Å²) in [5.41, 5.74) is 0. The molecule has 2 unspecified atom stereocenters. The van der Waals surface area contributed by atoms with E-state index in [9.17, 15) is 0 Å². The number of thiophene rings is 2. The Hall–Kier alpha value is -0.300. The summed E-state index contributed by atoms with van der Waals surface area (Å²) in [6, 6.07) is 4.49. The fourth-order valence-electron chi connectivity index (χ4n) is 5.66. The summed E-state index contributed by atoms with van der Waals surface area (Å²) in [5, 5.41) is 2.39. The Labute approximate surface area is 269 Å². The lowest BCUT2D eigenvalue weighted by Gasteiger charge is -2.21. The third-order valence-corrected chi connectivity index (χ3v) is 11.4. The number of benzene rings is 1. The van der Waals surface area contributed by atoms with E-state index in [1.54, 1.807) is 22.7 Å². The molecule has 226 valence electrons. The third-order valence-electron chi connectivity index (χ3n) is 8.10. The van der Waals surface area contributed by atoms with E-state index in [1.807, 2.05) is 0 Å². The van der Waals surface area contributed by atoms with Gasteiger partial charge in [-0.05, 0) is 81.5 Å². The van der Waals surface area contributed by atoms with Gasteiger partial charge in [0, 0.05) is 10.8 Å². The van der Waals surface area contributed by atoms with E-state index in [2.05, 4.69) is 71.7 Å². The molecule has 0 radical (unpaired) electrons. The molecule has 0 bridgehead atoms. The van der Waals surface area contributed by atoms with Crippen LogP contribution in [0.5, 0.6) is 11.5 Å². The summed E-state index contributed by atoms with van der Waals surface area (Å²) in [7, 11) is 0. The maximum atomic E-state index is 6.81. The number of unbranched alkanes of at least 4 members (excludes halogenated alkanes) is 8. The number of halogens is 2. The molecule has 40 heavy (non-hydrogen) atoms.